The van der Waals surface area contributed by atoms with Gasteiger partial charge in [0.2, 0.25) is 5.91 Å². The Morgan fingerprint density at radius 2 is 1.90 bits per heavy atom. The van der Waals surface area contributed by atoms with Crippen molar-refractivity contribution in [3.63, 3.8) is 0 Å². The molecule has 1 amide bonds. The number of carbonyl (C=O) groups excluding carboxylic acids is 1. The highest BCUT2D eigenvalue weighted by atomic mass is 19.1. The fourth-order valence-corrected chi connectivity index (χ4v) is 2.34. The molecule has 106 valence electrons. The highest BCUT2D eigenvalue weighted by Gasteiger charge is 2.10. The van der Waals surface area contributed by atoms with Crippen molar-refractivity contribution in [1.82, 2.24) is 4.57 Å². The maximum absolute atomic E-state index is 14.0. The van der Waals surface area contributed by atoms with Gasteiger partial charge in [-0.3, -0.25) is 4.79 Å². The molecule has 3 rings (SSSR count). The number of aromatic nitrogens is 1. The minimum atomic E-state index is -0.672. The molecule has 1 aromatic heterocycles. The van der Waals surface area contributed by atoms with Crippen molar-refractivity contribution in [3.05, 3.63) is 71.4 Å². The Kier molecular flexibility index (Phi) is 3.17. The molecule has 0 spiro atoms. The van der Waals surface area contributed by atoms with Crippen molar-refractivity contribution in [3.8, 4) is 0 Å². The van der Waals surface area contributed by atoms with Crippen molar-refractivity contribution >= 4 is 16.8 Å². The molecular weight excluding hydrogens is 274 g/mol. The lowest BCUT2D eigenvalue weighted by molar-refractivity contribution is 0.1000. The van der Waals surface area contributed by atoms with E-state index in [1.807, 2.05) is 0 Å². The second-order valence-electron chi connectivity index (χ2n) is 4.79. The summed E-state index contributed by atoms with van der Waals surface area (Å²) in [4.78, 5) is 11.0. The summed E-state index contributed by atoms with van der Waals surface area (Å²) in [6, 6.07) is 10.5. The topological polar surface area (TPSA) is 48.0 Å². The molecule has 0 bridgehead atoms. The number of fused-ring (bicyclic) bond motifs is 1. The summed E-state index contributed by atoms with van der Waals surface area (Å²) in [7, 11) is 0. The van der Waals surface area contributed by atoms with Gasteiger partial charge in [0.25, 0.3) is 0 Å². The summed E-state index contributed by atoms with van der Waals surface area (Å²) in [5, 5.41) is 0.492. The third-order valence-electron chi connectivity index (χ3n) is 3.44. The third-order valence-corrected chi connectivity index (χ3v) is 3.44. The maximum atomic E-state index is 14.0. The molecule has 0 aliphatic rings. The first kappa shape index (κ1) is 13.3. The molecule has 3 nitrogen and oxygen atoms in total. The van der Waals surface area contributed by atoms with Gasteiger partial charge in [0, 0.05) is 22.7 Å². The fourth-order valence-electron chi connectivity index (χ4n) is 2.34. The van der Waals surface area contributed by atoms with Gasteiger partial charge in [-0.15, -0.1) is 0 Å². The van der Waals surface area contributed by atoms with Gasteiger partial charge in [-0.2, -0.15) is 0 Å². The average molecular weight is 286 g/mol. The number of benzene rings is 2. The van der Waals surface area contributed by atoms with Gasteiger partial charge < -0.3 is 10.3 Å². The standard InChI is InChI=1S/C16H12F2N2O/c17-13-2-1-3-15-12(13)6-7-20(15)9-11-5-4-10(16(19)21)8-14(11)18/h1-8H,9H2,(H2,19,21). The summed E-state index contributed by atoms with van der Waals surface area (Å²) < 4.78 is 29.4. The first-order chi connectivity index (χ1) is 10.1. The summed E-state index contributed by atoms with van der Waals surface area (Å²) in [5.41, 5.74) is 6.32. The molecule has 5 heteroatoms. The molecule has 0 atom stereocenters. The molecule has 3 aromatic rings. The quantitative estimate of drug-likeness (QED) is 0.790. The Labute approximate surface area is 119 Å². The Bertz CT molecular complexity index is 839. The molecule has 0 aliphatic carbocycles. The van der Waals surface area contributed by atoms with E-state index >= 15 is 0 Å². The van der Waals surface area contributed by atoms with Crippen LogP contribution < -0.4 is 5.73 Å². The smallest absolute Gasteiger partial charge is 0.248 e. The van der Waals surface area contributed by atoms with Crippen LogP contribution >= 0.6 is 0 Å². The van der Waals surface area contributed by atoms with Crippen molar-refractivity contribution < 1.29 is 13.6 Å². The summed E-state index contributed by atoms with van der Waals surface area (Å²) >= 11 is 0. The first-order valence-electron chi connectivity index (χ1n) is 6.38. The lowest BCUT2D eigenvalue weighted by Crippen LogP contribution is -2.12. The van der Waals surface area contributed by atoms with Gasteiger partial charge in [0.1, 0.15) is 11.6 Å². The number of hydrogen-bond acceptors (Lipinski definition) is 1. The van der Waals surface area contributed by atoms with Crippen molar-refractivity contribution in [2.24, 2.45) is 5.73 Å². The molecular formula is C16H12F2N2O. The number of primary amides is 1. The van der Waals surface area contributed by atoms with E-state index in [0.717, 1.165) is 6.07 Å². The lowest BCUT2D eigenvalue weighted by atomic mass is 10.1. The average Bonchev–Trinajstić information content (AvgIpc) is 2.85. The maximum Gasteiger partial charge on any atom is 0.248 e. The van der Waals surface area contributed by atoms with Crippen LogP contribution in [0, 0.1) is 11.6 Å². The monoisotopic (exact) mass is 286 g/mol. The zero-order valence-corrected chi connectivity index (χ0v) is 11.0. The fraction of sp³-hybridized carbons (Fsp3) is 0.0625. The van der Waals surface area contributed by atoms with Gasteiger partial charge in [0.15, 0.2) is 0 Å². The molecule has 2 aromatic carbocycles. The number of rotatable bonds is 3. The second-order valence-corrected chi connectivity index (χ2v) is 4.79. The lowest BCUT2D eigenvalue weighted by Gasteiger charge is -2.08. The minimum absolute atomic E-state index is 0.125. The number of hydrogen-bond donors (Lipinski definition) is 1. The molecule has 0 aliphatic heterocycles. The van der Waals surface area contributed by atoms with E-state index in [1.165, 1.54) is 18.2 Å². The third kappa shape index (κ3) is 2.38. The van der Waals surface area contributed by atoms with Crippen LogP contribution in [-0.4, -0.2) is 10.5 Å². The number of carbonyl (C=O) groups is 1. The Balaban J connectivity index is 1.99. The second kappa shape index (κ2) is 5.01. The largest absolute Gasteiger partial charge is 0.366 e. The van der Waals surface area contributed by atoms with Crippen LogP contribution in [-0.2, 0) is 6.54 Å². The molecule has 0 saturated heterocycles. The van der Waals surface area contributed by atoms with Gasteiger partial charge in [-0.05, 0) is 30.3 Å². The molecule has 0 saturated carbocycles. The van der Waals surface area contributed by atoms with Crippen LogP contribution in [0.15, 0.2) is 48.7 Å². The SMILES string of the molecule is NC(=O)c1ccc(Cn2ccc3c(F)cccc32)c(F)c1. The van der Waals surface area contributed by atoms with E-state index in [9.17, 15) is 13.6 Å². The van der Waals surface area contributed by atoms with Gasteiger partial charge in [0.05, 0.1) is 12.1 Å². The van der Waals surface area contributed by atoms with Crippen molar-refractivity contribution in [2.45, 2.75) is 6.54 Å². The number of amides is 1. The molecule has 21 heavy (non-hydrogen) atoms. The zero-order valence-electron chi connectivity index (χ0n) is 11.0. The van der Waals surface area contributed by atoms with Crippen LogP contribution in [0.5, 0.6) is 0 Å². The van der Waals surface area contributed by atoms with Gasteiger partial charge in [-0.1, -0.05) is 12.1 Å². The molecule has 2 N–H and O–H groups in total. The summed E-state index contributed by atoms with van der Waals surface area (Å²) in [6.45, 7) is 0.248. The Morgan fingerprint density at radius 3 is 2.62 bits per heavy atom. The predicted octanol–water partition coefficient (Wildman–Crippen LogP) is 3.07. The summed E-state index contributed by atoms with van der Waals surface area (Å²) in [5.74, 6) is -1.49. The molecule has 1 heterocycles. The van der Waals surface area contributed by atoms with E-state index in [1.54, 1.807) is 29.0 Å². The molecule has 0 radical (unpaired) electrons. The minimum Gasteiger partial charge on any atom is -0.366 e. The van der Waals surface area contributed by atoms with Crippen LogP contribution in [0.3, 0.4) is 0 Å². The van der Waals surface area contributed by atoms with E-state index < -0.39 is 11.7 Å². The highest BCUT2D eigenvalue weighted by Crippen LogP contribution is 2.21. The molecule has 0 unspecified atom stereocenters. The number of nitrogens with two attached hydrogens (primary N) is 1. The number of halogens is 2. The predicted molar refractivity (Wildman–Crippen MR) is 75.9 cm³/mol. The van der Waals surface area contributed by atoms with E-state index in [0.29, 0.717) is 16.5 Å². The normalized spacial score (nSPS) is 11.0. The van der Waals surface area contributed by atoms with Crippen molar-refractivity contribution in [1.29, 1.82) is 0 Å². The van der Waals surface area contributed by atoms with Gasteiger partial charge >= 0.3 is 0 Å². The number of nitrogens with zero attached hydrogens (tertiary/aromatic N) is 1. The first-order valence-corrected chi connectivity index (χ1v) is 6.38. The van der Waals surface area contributed by atoms with Crippen molar-refractivity contribution in [2.75, 3.05) is 0 Å². The molecule has 0 fully saturated rings. The Hall–Kier alpha value is -2.69. The highest BCUT2D eigenvalue weighted by molar-refractivity contribution is 5.92. The van der Waals surface area contributed by atoms with Crippen LogP contribution in [0.25, 0.3) is 10.9 Å². The van der Waals surface area contributed by atoms with Gasteiger partial charge in [-0.25, -0.2) is 8.78 Å². The van der Waals surface area contributed by atoms with Crippen LogP contribution in [0.2, 0.25) is 0 Å². The summed E-state index contributed by atoms with van der Waals surface area (Å²) in [6.07, 6.45) is 1.70. The zero-order chi connectivity index (χ0) is 15.0. The van der Waals surface area contributed by atoms with E-state index in [4.69, 9.17) is 5.73 Å². The van der Waals surface area contributed by atoms with Crippen LogP contribution in [0.1, 0.15) is 15.9 Å². The van der Waals surface area contributed by atoms with Crippen LogP contribution in [0.4, 0.5) is 8.78 Å². The van der Waals surface area contributed by atoms with E-state index in [-0.39, 0.29) is 17.9 Å². The van der Waals surface area contributed by atoms with E-state index in [2.05, 4.69) is 0 Å². The Morgan fingerprint density at radius 1 is 1.10 bits per heavy atom.